The summed E-state index contributed by atoms with van der Waals surface area (Å²) in [6.07, 6.45) is 7.94. The largest absolute Gasteiger partial charge is 0.497 e. The molecule has 1 atom stereocenters. The lowest BCUT2D eigenvalue weighted by Gasteiger charge is -2.27. The van der Waals surface area contributed by atoms with Crippen molar-refractivity contribution in [3.05, 3.63) is 24.3 Å². The fraction of sp³-hybridized carbons (Fsp3) is 0.679. The molecule has 2 heterocycles. The maximum absolute atomic E-state index is 13.1. The van der Waals surface area contributed by atoms with Gasteiger partial charge in [-0.1, -0.05) is 0 Å². The van der Waals surface area contributed by atoms with Crippen molar-refractivity contribution in [3.8, 4) is 5.75 Å². The van der Waals surface area contributed by atoms with Gasteiger partial charge in [-0.3, -0.25) is 14.4 Å². The minimum absolute atomic E-state index is 0. The Morgan fingerprint density at radius 3 is 1.88 bits per heavy atom. The van der Waals surface area contributed by atoms with Crippen LogP contribution >= 0.6 is 24.8 Å². The van der Waals surface area contributed by atoms with Gasteiger partial charge in [-0.25, -0.2) is 8.42 Å². The Morgan fingerprint density at radius 2 is 1.42 bits per heavy atom. The monoisotopic (exact) mass is 667 g/mol. The highest BCUT2D eigenvalue weighted by atomic mass is 35.5. The number of rotatable bonds is 16. The second-order valence-electron chi connectivity index (χ2n) is 10.9. The molecule has 1 aromatic rings. The van der Waals surface area contributed by atoms with E-state index in [1.54, 1.807) is 0 Å². The Balaban J connectivity index is 0.00000462. The maximum Gasteiger partial charge on any atom is 0.323 e. The molecule has 2 saturated heterocycles. The van der Waals surface area contributed by atoms with Crippen LogP contribution in [-0.4, -0.2) is 83.7 Å². The van der Waals surface area contributed by atoms with Crippen molar-refractivity contribution in [2.75, 3.05) is 46.4 Å². The van der Waals surface area contributed by atoms with E-state index in [4.69, 9.17) is 4.74 Å². The van der Waals surface area contributed by atoms with Crippen LogP contribution in [0.3, 0.4) is 0 Å². The molecule has 1 aromatic carbocycles. The van der Waals surface area contributed by atoms with Gasteiger partial charge in [0.1, 0.15) is 11.8 Å². The fourth-order valence-electron chi connectivity index (χ4n) is 5.40. The SMILES string of the molecule is COc1ccc(S(=O)(=O)NC(CNC(=O)CNC(=O)C(CCC2CCNCC2)CCC2CCNCC2)C(=O)O)cc1.Cl.Cl. The lowest BCUT2D eigenvalue weighted by atomic mass is 9.84. The normalized spacial score (nSPS) is 16.8. The van der Waals surface area contributed by atoms with E-state index >= 15 is 0 Å². The van der Waals surface area contributed by atoms with E-state index in [1.807, 2.05) is 0 Å². The number of sulfonamides is 1. The molecule has 2 aliphatic rings. The van der Waals surface area contributed by atoms with Crippen molar-refractivity contribution in [1.29, 1.82) is 0 Å². The van der Waals surface area contributed by atoms with Crippen LogP contribution in [0.25, 0.3) is 0 Å². The quantitative estimate of drug-likeness (QED) is 0.153. The number of ether oxygens (including phenoxy) is 1. The van der Waals surface area contributed by atoms with Gasteiger partial charge in [0.05, 0.1) is 18.6 Å². The molecule has 0 spiro atoms. The summed E-state index contributed by atoms with van der Waals surface area (Å²) >= 11 is 0. The van der Waals surface area contributed by atoms with Crippen LogP contribution in [0.4, 0.5) is 0 Å². The zero-order chi connectivity index (χ0) is 29.7. The number of piperidine rings is 2. The van der Waals surface area contributed by atoms with E-state index in [0.717, 1.165) is 77.5 Å². The summed E-state index contributed by atoms with van der Waals surface area (Å²) in [5.74, 6) is -0.737. The van der Waals surface area contributed by atoms with Crippen LogP contribution in [0, 0.1) is 17.8 Å². The Labute approximate surface area is 267 Å². The van der Waals surface area contributed by atoms with Gasteiger partial charge in [-0.2, -0.15) is 4.72 Å². The average molecular weight is 669 g/mol. The van der Waals surface area contributed by atoms with E-state index in [9.17, 15) is 27.9 Å². The minimum Gasteiger partial charge on any atom is -0.497 e. The van der Waals surface area contributed by atoms with Crippen LogP contribution in [-0.2, 0) is 24.4 Å². The predicted molar refractivity (Wildman–Crippen MR) is 168 cm³/mol. The van der Waals surface area contributed by atoms with Crippen molar-refractivity contribution in [1.82, 2.24) is 26.0 Å². The minimum atomic E-state index is -4.16. The number of hydrogen-bond donors (Lipinski definition) is 6. The number of carboxylic acids is 1. The van der Waals surface area contributed by atoms with Crippen LogP contribution in [0.2, 0.25) is 0 Å². The first kappa shape index (κ1) is 38.9. The van der Waals surface area contributed by atoms with Gasteiger partial charge in [-0.05, 0) is 114 Å². The van der Waals surface area contributed by atoms with Crippen molar-refractivity contribution in [2.45, 2.75) is 62.3 Å². The molecule has 2 amide bonds. The summed E-state index contributed by atoms with van der Waals surface area (Å²) in [5.41, 5.74) is 0. The molecular formula is C28H47Cl2N5O7S. The van der Waals surface area contributed by atoms with Crippen LogP contribution < -0.4 is 30.7 Å². The fourth-order valence-corrected chi connectivity index (χ4v) is 6.59. The highest BCUT2D eigenvalue weighted by molar-refractivity contribution is 7.89. The van der Waals surface area contributed by atoms with E-state index in [-0.39, 0.29) is 48.1 Å². The molecule has 0 bridgehead atoms. The number of hydrogen-bond acceptors (Lipinski definition) is 8. The number of benzene rings is 1. The smallest absolute Gasteiger partial charge is 0.323 e. The van der Waals surface area contributed by atoms with E-state index in [0.29, 0.717) is 17.6 Å². The summed E-state index contributed by atoms with van der Waals surface area (Å²) in [4.78, 5) is 37.2. The van der Waals surface area contributed by atoms with E-state index in [1.165, 1.54) is 31.4 Å². The van der Waals surface area contributed by atoms with Gasteiger partial charge >= 0.3 is 5.97 Å². The number of aliphatic carboxylic acids is 1. The summed E-state index contributed by atoms with van der Waals surface area (Å²) < 4.78 is 32.4. The molecule has 43 heavy (non-hydrogen) atoms. The molecule has 2 fully saturated rings. The molecule has 1 unspecified atom stereocenters. The highest BCUT2D eigenvalue weighted by Crippen LogP contribution is 2.27. The van der Waals surface area contributed by atoms with Gasteiger partial charge in [-0.15, -0.1) is 24.8 Å². The first-order valence-corrected chi connectivity index (χ1v) is 16.0. The van der Waals surface area contributed by atoms with Crippen molar-refractivity contribution >= 4 is 52.6 Å². The summed E-state index contributed by atoms with van der Waals surface area (Å²) in [5, 5.41) is 21.4. The number of carbonyl (C=O) groups excluding carboxylic acids is 2. The third-order valence-electron chi connectivity index (χ3n) is 8.03. The van der Waals surface area contributed by atoms with Crippen LogP contribution in [0.15, 0.2) is 29.2 Å². The summed E-state index contributed by atoms with van der Waals surface area (Å²) in [6, 6.07) is 3.88. The van der Waals surface area contributed by atoms with Crippen molar-refractivity contribution < 1.29 is 32.6 Å². The second-order valence-corrected chi connectivity index (χ2v) is 12.7. The number of carbonyl (C=O) groups is 3. The zero-order valence-electron chi connectivity index (χ0n) is 24.6. The standard InChI is InChI=1S/C28H45N5O7S.2ClH/c1-40-23-6-8-24(9-7-23)41(38,39)33-25(28(36)37)18-31-26(34)19-32-27(35)22(4-2-20-10-14-29-15-11-20)5-3-21-12-16-30-17-13-21;;/h6-9,20-22,25,29-30,33H,2-5,10-19H2,1H3,(H,31,34)(H,32,35)(H,36,37);2*1H. The van der Waals surface area contributed by atoms with Gasteiger partial charge in [0, 0.05) is 12.5 Å². The molecule has 15 heteroatoms. The number of nitrogens with one attached hydrogen (secondary N) is 5. The van der Waals surface area contributed by atoms with Gasteiger partial charge in [0.25, 0.3) is 0 Å². The highest BCUT2D eigenvalue weighted by Gasteiger charge is 2.27. The predicted octanol–water partition coefficient (Wildman–Crippen LogP) is 1.68. The van der Waals surface area contributed by atoms with Crippen molar-refractivity contribution in [3.63, 3.8) is 0 Å². The Kier molecular flexibility index (Phi) is 18.1. The zero-order valence-corrected chi connectivity index (χ0v) is 27.1. The average Bonchev–Trinajstić information content (AvgIpc) is 2.99. The molecule has 246 valence electrons. The topological polar surface area (TPSA) is 175 Å². The van der Waals surface area contributed by atoms with Gasteiger partial charge < -0.3 is 31.1 Å². The molecular weight excluding hydrogens is 621 g/mol. The lowest BCUT2D eigenvalue weighted by Crippen LogP contribution is -2.50. The van der Waals surface area contributed by atoms with Crippen molar-refractivity contribution in [2.24, 2.45) is 17.8 Å². The van der Waals surface area contributed by atoms with Gasteiger partial charge in [0.15, 0.2) is 0 Å². The third kappa shape index (κ3) is 13.6. The van der Waals surface area contributed by atoms with Crippen LogP contribution in [0.1, 0.15) is 51.4 Å². The second kappa shape index (κ2) is 20.0. The number of amides is 2. The number of methoxy groups -OCH3 is 1. The molecule has 12 nitrogen and oxygen atoms in total. The molecule has 0 aliphatic carbocycles. The maximum atomic E-state index is 13.1. The Hall–Kier alpha value is -2.16. The first-order valence-electron chi connectivity index (χ1n) is 14.5. The van der Waals surface area contributed by atoms with E-state index in [2.05, 4.69) is 26.0 Å². The van der Waals surface area contributed by atoms with E-state index < -0.39 is 34.5 Å². The van der Waals surface area contributed by atoms with Gasteiger partial charge in [0.2, 0.25) is 21.8 Å². The van der Waals surface area contributed by atoms with Crippen LogP contribution in [0.5, 0.6) is 5.75 Å². The lowest BCUT2D eigenvalue weighted by molar-refractivity contribution is -0.139. The first-order chi connectivity index (χ1) is 19.7. The molecule has 2 aliphatic heterocycles. The Bertz CT molecular complexity index is 1080. The molecule has 0 radical (unpaired) electrons. The third-order valence-corrected chi connectivity index (χ3v) is 9.51. The Morgan fingerprint density at radius 1 is 0.907 bits per heavy atom. The molecule has 3 rings (SSSR count). The number of halogens is 2. The molecule has 0 saturated carbocycles. The summed E-state index contributed by atoms with van der Waals surface area (Å²) in [7, 11) is -2.72. The molecule has 6 N–H and O–H groups in total. The molecule has 0 aromatic heterocycles. The number of carboxylic acid groups (broad SMARTS) is 1. The summed E-state index contributed by atoms with van der Waals surface area (Å²) in [6.45, 7) is 3.23.